The van der Waals surface area contributed by atoms with Crippen molar-refractivity contribution >= 4 is 17.3 Å². The molecule has 0 amide bonds. The second kappa shape index (κ2) is 9.98. The Morgan fingerprint density at radius 2 is 1.63 bits per heavy atom. The summed E-state index contributed by atoms with van der Waals surface area (Å²) in [4.78, 5) is 17.1. The van der Waals surface area contributed by atoms with Crippen LogP contribution in [0.4, 0.5) is 16.0 Å². The highest BCUT2D eigenvalue weighted by atomic mass is 19.1. The van der Waals surface area contributed by atoms with Crippen LogP contribution in [0.2, 0.25) is 0 Å². The van der Waals surface area contributed by atoms with Crippen molar-refractivity contribution < 1.29 is 4.39 Å². The van der Waals surface area contributed by atoms with E-state index in [9.17, 15) is 4.39 Å². The van der Waals surface area contributed by atoms with Crippen LogP contribution in [0, 0.1) is 5.82 Å². The molecule has 0 radical (unpaired) electrons. The Bertz CT molecular complexity index is 1420. The van der Waals surface area contributed by atoms with Gasteiger partial charge in [-0.1, -0.05) is 18.2 Å². The normalized spacial score (nSPS) is 21.1. The molecule has 6 heterocycles. The van der Waals surface area contributed by atoms with Crippen LogP contribution < -0.4 is 9.80 Å². The minimum absolute atomic E-state index is 0.118. The zero-order valence-electron chi connectivity index (χ0n) is 21.7. The smallest absolute Gasteiger partial charge is 0.154 e. The lowest BCUT2D eigenvalue weighted by atomic mass is 10.0. The third-order valence-corrected chi connectivity index (χ3v) is 8.57. The van der Waals surface area contributed by atoms with E-state index in [0.717, 1.165) is 72.8 Å². The van der Waals surface area contributed by atoms with E-state index in [1.165, 1.54) is 44.8 Å². The molecule has 8 heteroatoms. The summed E-state index contributed by atoms with van der Waals surface area (Å²) in [6.07, 6.45) is 9.01. The first-order valence-electron chi connectivity index (χ1n) is 14.1. The van der Waals surface area contributed by atoms with E-state index in [-0.39, 0.29) is 11.9 Å². The molecular formula is C30H34FN7. The van der Waals surface area contributed by atoms with Crippen molar-refractivity contribution in [2.24, 2.45) is 0 Å². The summed E-state index contributed by atoms with van der Waals surface area (Å²) in [5.74, 6) is 1.71. The number of nitrogens with zero attached hydrogens (tertiary/aromatic N) is 7. The van der Waals surface area contributed by atoms with Crippen molar-refractivity contribution in [1.82, 2.24) is 24.5 Å². The number of anilines is 2. The van der Waals surface area contributed by atoms with Crippen molar-refractivity contribution in [1.29, 1.82) is 0 Å². The van der Waals surface area contributed by atoms with Crippen LogP contribution in [-0.2, 0) is 0 Å². The average molecular weight is 512 g/mol. The largest absolute Gasteiger partial charge is 0.356 e. The van der Waals surface area contributed by atoms with E-state index < -0.39 is 0 Å². The highest BCUT2D eigenvalue weighted by molar-refractivity contribution is 5.62. The first kappa shape index (κ1) is 23.6. The second-order valence-electron chi connectivity index (χ2n) is 10.9. The van der Waals surface area contributed by atoms with Crippen LogP contribution in [0.15, 0.2) is 60.8 Å². The van der Waals surface area contributed by atoms with Gasteiger partial charge in [0.05, 0.1) is 17.9 Å². The van der Waals surface area contributed by atoms with Crippen LogP contribution in [-0.4, -0.2) is 63.2 Å². The summed E-state index contributed by atoms with van der Waals surface area (Å²) < 4.78 is 15.9. The SMILES string of the molecule is Fc1cccc(C2CCCN2c2ccc3ncc(-c4cccc(N5CCC(N6CCCC6)CC5)n4)n3n2)c1. The van der Waals surface area contributed by atoms with Gasteiger partial charge in [0.2, 0.25) is 0 Å². The van der Waals surface area contributed by atoms with Crippen molar-refractivity contribution in [2.75, 3.05) is 42.5 Å². The van der Waals surface area contributed by atoms with Gasteiger partial charge in [0.15, 0.2) is 5.65 Å². The van der Waals surface area contributed by atoms with E-state index >= 15 is 0 Å². The molecule has 0 N–H and O–H groups in total. The van der Waals surface area contributed by atoms with Gasteiger partial charge < -0.3 is 14.7 Å². The highest BCUT2D eigenvalue weighted by Gasteiger charge is 2.29. The van der Waals surface area contributed by atoms with Gasteiger partial charge in [-0.2, -0.15) is 0 Å². The number of fused-ring (bicyclic) bond motifs is 1. The minimum atomic E-state index is -0.194. The van der Waals surface area contributed by atoms with Gasteiger partial charge in [0, 0.05) is 25.7 Å². The molecule has 3 aliphatic rings. The maximum Gasteiger partial charge on any atom is 0.154 e. The third kappa shape index (κ3) is 4.41. The lowest BCUT2D eigenvalue weighted by molar-refractivity contribution is 0.207. The topological polar surface area (TPSA) is 52.8 Å². The summed E-state index contributed by atoms with van der Waals surface area (Å²) in [7, 11) is 0. The van der Waals surface area contributed by atoms with Crippen LogP contribution in [0.1, 0.15) is 50.1 Å². The average Bonchev–Trinajstić information content (AvgIpc) is 3.74. The summed E-state index contributed by atoms with van der Waals surface area (Å²) in [6, 6.07) is 18.1. The number of hydrogen-bond acceptors (Lipinski definition) is 6. The number of aromatic nitrogens is 4. The quantitative estimate of drug-likeness (QED) is 0.361. The lowest BCUT2D eigenvalue weighted by Crippen LogP contribution is -2.44. The Hall–Kier alpha value is -3.52. The Labute approximate surface area is 222 Å². The first-order valence-corrected chi connectivity index (χ1v) is 14.1. The fourth-order valence-electron chi connectivity index (χ4n) is 6.60. The molecule has 38 heavy (non-hydrogen) atoms. The van der Waals surface area contributed by atoms with Gasteiger partial charge in [-0.25, -0.2) is 18.9 Å². The molecule has 0 spiro atoms. The van der Waals surface area contributed by atoms with E-state index in [1.807, 2.05) is 35.0 Å². The number of rotatable bonds is 5. The molecule has 3 aliphatic heterocycles. The van der Waals surface area contributed by atoms with Crippen molar-refractivity contribution in [2.45, 2.75) is 50.6 Å². The number of likely N-dealkylation sites (tertiary alicyclic amines) is 1. The van der Waals surface area contributed by atoms with E-state index in [0.29, 0.717) is 0 Å². The number of piperidine rings is 1. The lowest BCUT2D eigenvalue weighted by Gasteiger charge is -2.37. The molecule has 1 unspecified atom stereocenters. The van der Waals surface area contributed by atoms with E-state index in [1.54, 1.807) is 12.1 Å². The Morgan fingerprint density at radius 1 is 0.789 bits per heavy atom. The predicted molar refractivity (Wildman–Crippen MR) is 148 cm³/mol. The van der Waals surface area contributed by atoms with Gasteiger partial charge in [0.25, 0.3) is 0 Å². The summed E-state index contributed by atoms with van der Waals surface area (Å²) in [5, 5.41) is 5.02. The maximum atomic E-state index is 14.0. The monoisotopic (exact) mass is 511 g/mol. The van der Waals surface area contributed by atoms with Gasteiger partial charge in [-0.05, 0) is 93.6 Å². The van der Waals surface area contributed by atoms with Crippen molar-refractivity contribution in [3.8, 4) is 11.4 Å². The summed E-state index contributed by atoms with van der Waals surface area (Å²) in [5.41, 5.74) is 3.56. The summed E-state index contributed by atoms with van der Waals surface area (Å²) in [6.45, 7) is 5.52. The molecule has 1 atom stereocenters. The molecule has 3 fully saturated rings. The molecule has 0 saturated carbocycles. The molecule has 3 aromatic heterocycles. The zero-order chi connectivity index (χ0) is 25.5. The highest BCUT2D eigenvalue weighted by Crippen LogP contribution is 2.36. The standard InChI is InChI=1S/C30H34FN7/c31-23-7-3-6-22(20-23)26-9-5-17-37(26)30-12-11-28-32-21-27(38(28)34-30)25-8-4-10-29(33-25)36-18-13-24(14-19-36)35-15-1-2-16-35/h3-4,6-8,10-12,20-21,24,26H,1-2,5,9,13-19H2. The molecule has 4 aromatic rings. The van der Waals surface area contributed by atoms with Crippen LogP contribution in [0.25, 0.3) is 17.0 Å². The van der Waals surface area contributed by atoms with Gasteiger partial charge in [-0.15, -0.1) is 5.10 Å². The number of pyridine rings is 1. The van der Waals surface area contributed by atoms with Gasteiger partial charge in [-0.3, -0.25) is 0 Å². The van der Waals surface area contributed by atoms with Crippen LogP contribution >= 0.6 is 0 Å². The number of imidazole rings is 1. The molecule has 0 bridgehead atoms. The Kier molecular flexibility index (Phi) is 6.20. The molecular weight excluding hydrogens is 477 g/mol. The molecule has 0 aliphatic carbocycles. The number of halogens is 1. The third-order valence-electron chi connectivity index (χ3n) is 8.57. The molecule has 3 saturated heterocycles. The molecule has 7 rings (SSSR count). The van der Waals surface area contributed by atoms with Gasteiger partial charge >= 0.3 is 0 Å². The van der Waals surface area contributed by atoms with Crippen molar-refractivity contribution in [3.05, 3.63) is 72.2 Å². The number of benzene rings is 1. The number of hydrogen-bond donors (Lipinski definition) is 0. The second-order valence-corrected chi connectivity index (χ2v) is 10.9. The van der Waals surface area contributed by atoms with Gasteiger partial charge in [0.1, 0.15) is 23.1 Å². The zero-order valence-corrected chi connectivity index (χ0v) is 21.7. The molecule has 196 valence electrons. The molecule has 1 aromatic carbocycles. The summed E-state index contributed by atoms with van der Waals surface area (Å²) >= 11 is 0. The molecule has 7 nitrogen and oxygen atoms in total. The van der Waals surface area contributed by atoms with Crippen molar-refractivity contribution in [3.63, 3.8) is 0 Å². The predicted octanol–water partition coefficient (Wildman–Crippen LogP) is 5.34. The first-order chi connectivity index (χ1) is 18.7. The Morgan fingerprint density at radius 3 is 2.47 bits per heavy atom. The fraction of sp³-hybridized carbons (Fsp3) is 0.433. The Balaban J connectivity index is 1.14. The van der Waals surface area contributed by atoms with Crippen LogP contribution in [0.3, 0.4) is 0 Å². The van der Waals surface area contributed by atoms with E-state index in [2.05, 4.69) is 31.8 Å². The van der Waals surface area contributed by atoms with E-state index in [4.69, 9.17) is 10.1 Å². The maximum absolute atomic E-state index is 14.0. The minimum Gasteiger partial charge on any atom is -0.356 e. The fourth-order valence-corrected chi connectivity index (χ4v) is 6.60. The van der Waals surface area contributed by atoms with Crippen LogP contribution in [0.5, 0.6) is 0 Å².